The van der Waals surface area contributed by atoms with Crippen LogP contribution in [0.5, 0.6) is 5.75 Å². The summed E-state index contributed by atoms with van der Waals surface area (Å²) in [7, 11) is 1.65. The fourth-order valence-corrected chi connectivity index (χ4v) is 4.55. The molecule has 1 aromatic carbocycles. The number of carbonyl (C=O) groups is 1. The molecule has 0 aromatic heterocycles. The van der Waals surface area contributed by atoms with Crippen LogP contribution in [-0.4, -0.2) is 53.6 Å². The fraction of sp³-hybridized carbons (Fsp3) is 0.680. The lowest BCUT2D eigenvalue weighted by Gasteiger charge is -2.32. The molecule has 1 saturated heterocycles. The van der Waals surface area contributed by atoms with Gasteiger partial charge in [-0.15, -0.1) is 0 Å². The van der Waals surface area contributed by atoms with E-state index in [-0.39, 0.29) is 34.9 Å². The number of aliphatic hydroxyl groups is 1. The van der Waals surface area contributed by atoms with Crippen molar-refractivity contribution in [2.24, 2.45) is 23.7 Å². The predicted octanol–water partition coefficient (Wildman–Crippen LogP) is 4.43. The van der Waals surface area contributed by atoms with E-state index in [0.717, 1.165) is 17.7 Å². The number of hydrogen-bond acceptors (Lipinski definition) is 6. The van der Waals surface area contributed by atoms with E-state index in [9.17, 15) is 9.90 Å². The van der Waals surface area contributed by atoms with Gasteiger partial charge in [0.05, 0.1) is 31.8 Å². The number of amides is 1. The predicted molar refractivity (Wildman–Crippen MR) is 129 cm³/mol. The summed E-state index contributed by atoms with van der Waals surface area (Å²) in [6, 6.07) is 7.75. The number of thiocarbonyl (C=S) groups is 1. The number of benzene rings is 1. The van der Waals surface area contributed by atoms with Crippen LogP contribution in [0.1, 0.15) is 53.0 Å². The van der Waals surface area contributed by atoms with Crippen LogP contribution in [0.4, 0.5) is 0 Å². The maximum absolute atomic E-state index is 13.3. The summed E-state index contributed by atoms with van der Waals surface area (Å²) in [5.41, 5.74) is 1.09. The molecule has 2 rings (SSSR count). The quantitative estimate of drug-likeness (QED) is 0.461. The number of hydrogen-bond donors (Lipinski definition) is 1. The van der Waals surface area contributed by atoms with E-state index in [4.69, 9.17) is 26.4 Å². The Balaban J connectivity index is 1.87. The lowest BCUT2D eigenvalue weighted by atomic mass is 9.84. The van der Waals surface area contributed by atoms with Crippen molar-refractivity contribution in [3.63, 3.8) is 0 Å². The third-order valence-electron chi connectivity index (χ3n) is 6.27. The molecule has 1 aliphatic heterocycles. The molecule has 0 aliphatic carbocycles. The summed E-state index contributed by atoms with van der Waals surface area (Å²) in [6.45, 7) is 11.7. The molecule has 180 valence electrons. The van der Waals surface area contributed by atoms with E-state index in [2.05, 4.69) is 20.8 Å². The molecule has 7 heteroatoms. The molecular formula is C25H39NO5S. The van der Waals surface area contributed by atoms with Crippen molar-refractivity contribution >= 4 is 23.3 Å². The van der Waals surface area contributed by atoms with Gasteiger partial charge in [-0.3, -0.25) is 9.69 Å². The van der Waals surface area contributed by atoms with E-state index < -0.39 is 12.0 Å². The Bertz CT molecular complexity index is 738. The molecule has 1 amide bonds. The average Bonchev–Trinajstić information content (AvgIpc) is 3.16. The van der Waals surface area contributed by atoms with Gasteiger partial charge in [0, 0.05) is 6.61 Å². The van der Waals surface area contributed by atoms with Crippen LogP contribution < -0.4 is 4.74 Å². The van der Waals surface area contributed by atoms with Gasteiger partial charge in [0.2, 0.25) is 5.91 Å². The smallest absolute Gasteiger partial charge is 0.266 e. The molecule has 1 N–H and O–H groups in total. The molecule has 1 aliphatic rings. The topological polar surface area (TPSA) is 68.2 Å². The zero-order valence-electron chi connectivity index (χ0n) is 20.2. The molecule has 5 atom stereocenters. The first-order valence-electron chi connectivity index (χ1n) is 11.6. The summed E-state index contributed by atoms with van der Waals surface area (Å²) in [5.74, 6) is 0.637. The van der Waals surface area contributed by atoms with Gasteiger partial charge in [-0.25, -0.2) is 0 Å². The average molecular weight is 466 g/mol. The Morgan fingerprint density at radius 3 is 2.47 bits per heavy atom. The summed E-state index contributed by atoms with van der Waals surface area (Å²) in [5, 5.41) is 11.3. The van der Waals surface area contributed by atoms with Gasteiger partial charge in [0.1, 0.15) is 12.4 Å². The molecule has 0 bridgehead atoms. The summed E-state index contributed by atoms with van der Waals surface area (Å²) in [6.07, 6.45) is 0.575. The van der Waals surface area contributed by atoms with Gasteiger partial charge in [-0.2, -0.15) is 0 Å². The van der Waals surface area contributed by atoms with Gasteiger partial charge < -0.3 is 19.3 Å². The Kier molecular flexibility index (Phi) is 10.4. The van der Waals surface area contributed by atoms with E-state index in [1.165, 1.54) is 0 Å². The lowest BCUT2D eigenvalue weighted by molar-refractivity contribution is -0.138. The number of rotatable bonds is 12. The first-order chi connectivity index (χ1) is 15.2. The third-order valence-corrected chi connectivity index (χ3v) is 6.58. The van der Waals surface area contributed by atoms with Crippen molar-refractivity contribution in [1.29, 1.82) is 0 Å². The molecule has 32 heavy (non-hydrogen) atoms. The zero-order valence-corrected chi connectivity index (χ0v) is 21.1. The highest BCUT2D eigenvalue weighted by molar-refractivity contribution is 7.80. The molecule has 1 aromatic rings. The largest absolute Gasteiger partial charge is 0.497 e. The minimum Gasteiger partial charge on any atom is -0.497 e. The Hall–Kier alpha value is -1.70. The van der Waals surface area contributed by atoms with E-state index >= 15 is 0 Å². The lowest BCUT2D eigenvalue weighted by Crippen LogP contribution is -2.48. The van der Waals surface area contributed by atoms with Gasteiger partial charge in [-0.1, -0.05) is 46.8 Å². The molecule has 0 saturated carbocycles. The Morgan fingerprint density at radius 2 is 1.91 bits per heavy atom. The van der Waals surface area contributed by atoms with Crippen LogP contribution in [0.2, 0.25) is 0 Å². The molecule has 0 spiro atoms. The number of aliphatic hydroxyl groups excluding tert-OH is 1. The van der Waals surface area contributed by atoms with Crippen LogP contribution in [-0.2, 0) is 20.9 Å². The molecule has 0 unspecified atom stereocenters. The Morgan fingerprint density at radius 1 is 1.25 bits per heavy atom. The summed E-state index contributed by atoms with van der Waals surface area (Å²) in [4.78, 5) is 14.9. The highest BCUT2D eigenvalue weighted by Crippen LogP contribution is 2.28. The minimum absolute atomic E-state index is 0.0434. The van der Waals surface area contributed by atoms with Gasteiger partial charge >= 0.3 is 0 Å². The zero-order chi connectivity index (χ0) is 23.8. The maximum atomic E-state index is 13.3. The highest BCUT2D eigenvalue weighted by atomic mass is 32.1. The van der Waals surface area contributed by atoms with Crippen molar-refractivity contribution in [3.05, 3.63) is 29.8 Å². The molecule has 1 heterocycles. The normalized spacial score (nSPS) is 20.1. The van der Waals surface area contributed by atoms with E-state index in [1.54, 1.807) is 12.0 Å². The van der Waals surface area contributed by atoms with Crippen molar-refractivity contribution in [2.75, 3.05) is 20.3 Å². The van der Waals surface area contributed by atoms with Crippen LogP contribution in [0, 0.1) is 23.7 Å². The Labute approximate surface area is 198 Å². The molecule has 6 nitrogen and oxygen atoms in total. The van der Waals surface area contributed by atoms with Crippen LogP contribution in [0.3, 0.4) is 0 Å². The van der Waals surface area contributed by atoms with Gasteiger partial charge in [0.15, 0.2) is 0 Å². The fourth-order valence-electron chi connectivity index (χ4n) is 4.26. The number of carbonyl (C=O) groups excluding carboxylic acids is 1. The second-order valence-electron chi connectivity index (χ2n) is 9.28. The van der Waals surface area contributed by atoms with Crippen LogP contribution >= 0.6 is 12.2 Å². The minimum atomic E-state index is -0.743. The number of nitrogens with zero attached hydrogens (tertiary/aromatic N) is 1. The third kappa shape index (κ3) is 6.90. The van der Waals surface area contributed by atoms with Gasteiger partial charge in [-0.05, 0) is 60.5 Å². The molecule has 0 radical (unpaired) electrons. The summed E-state index contributed by atoms with van der Waals surface area (Å²) < 4.78 is 16.5. The molecular weight excluding hydrogens is 426 g/mol. The van der Waals surface area contributed by atoms with Crippen molar-refractivity contribution in [1.82, 2.24) is 4.90 Å². The van der Waals surface area contributed by atoms with Crippen LogP contribution in [0.15, 0.2) is 24.3 Å². The van der Waals surface area contributed by atoms with Crippen molar-refractivity contribution < 1.29 is 24.1 Å². The van der Waals surface area contributed by atoms with Crippen LogP contribution in [0.25, 0.3) is 0 Å². The van der Waals surface area contributed by atoms with E-state index in [0.29, 0.717) is 26.2 Å². The monoisotopic (exact) mass is 465 g/mol. The van der Waals surface area contributed by atoms with Gasteiger partial charge in [0.25, 0.3) is 5.17 Å². The SMILES string of the molecule is CC[C@@H](C(=O)N1C(=S)OC[C@@H]1C(C)C)[C@@H](O)[C@@H](C)C[C@@H](C)COCc1ccc(OC)cc1. The maximum Gasteiger partial charge on any atom is 0.266 e. The number of ether oxygens (including phenoxy) is 3. The standard InChI is InChI=1S/C25H39NO5S/c1-7-21(24(28)26-22(16(2)3)15-31-25(26)32)23(27)18(5)12-17(4)13-30-14-19-8-10-20(29-6)11-9-19/h8-11,16-18,21-23,27H,7,12-15H2,1-6H3/t17-,18+,21-,22-,23+/m1/s1. The number of methoxy groups -OCH3 is 1. The van der Waals surface area contributed by atoms with Crippen molar-refractivity contribution in [2.45, 2.75) is 66.2 Å². The summed E-state index contributed by atoms with van der Waals surface area (Å²) >= 11 is 5.28. The van der Waals surface area contributed by atoms with E-state index in [1.807, 2.05) is 38.1 Å². The second kappa shape index (κ2) is 12.5. The van der Waals surface area contributed by atoms with Crippen molar-refractivity contribution in [3.8, 4) is 5.75 Å². The highest BCUT2D eigenvalue weighted by Gasteiger charge is 2.42. The molecule has 1 fully saturated rings. The first-order valence-corrected chi connectivity index (χ1v) is 12.0. The second-order valence-corrected chi connectivity index (χ2v) is 9.63. The first kappa shape index (κ1) is 26.6.